The highest BCUT2D eigenvalue weighted by molar-refractivity contribution is 5.94. The van der Waals surface area contributed by atoms with Crippen LogP contribution in [0.4, 0.5) is 16.2 Å². The zero-order valence-electron chi connectivity index (χ0n) is 18.2. The van der Waals surface area contributed by atoms with Gasteiger partial charge in [0.15, 0.2) is 0 Å². The summed E-state index contributed by atoms with van der Waals surface area (Å²) in [6, 6.07) is 12.2. The van der Waals surface area contributed by atoms with E-state index < -0.39 is 0 Å². The van der Waals surface area contributed by atoms with Gasteiger partial charge in [-0.3, -0.25) is 0 Å². The van der Waals surface area contributed by atoms with Crippen molar-refractivity contribution in [2.45, 2.75) is 51.2 Å². The third-order valence-corrected chi connectivity index (χ3v) is 6.38. The Morgan fingerprint density at radius 2 is 1.81 bits per heavy atom. The molecule has 2 aromatic carbocycles. The number of hydrogen-bond donors (Lipinski definition) is 2. The Morgan fingerprint density at radius 3 is 2.48 bits per heavy atom. The molecule has 1 saturated carbocycles. The summed E-state index contributed by atoms with van der Waals surface area (Å²) in [6.45, 7) is 2.68. The summed E-state index contributed by atoms with van der Waals surface area (Å²) in [4.78, 5) is 14.8. The summed E-state index contributed by atoms with van der Waals surface area (Å²) in [5, 5.41) is 15.9. The number of hydrogen-bond acceptors (Lipinski definition) is 5. The van der Waals surface area contributed by atoms with E-state index in [2.05, 4.69) is 23.6 Å². The largest absolute Gasteiger partial charge is 0.495 e. The number of urea groups is 1. The van der Waals surface area contributed by atoms with Gasteiger partial charge in [0.2, 0.25) is 0 Å². The van der Waals surface area contributed by atoms with E-state index in [-0.39, 0.29) is 12.1 Å². The molecule has 0 unspecified atom stereocenters. The van der Waals surface area contributed by atoms with Gasteiger partial charge < -0.3 is 25.0 Å². The minimum Gasteiger partial charge on any atom is -0.495 e. The first-order valence-electron chi connectivity index (χ1n) is 10.6. The average Bonchev–Trinajstić information content (AvgIpc) is 2.79. The molecule has 1 fully saturated rings. The van der Waals surface area contributed by atoms with Crippen molar-refractivity contribution in [2.75, 3.05) is 24.9 Å². The quantitative estimate of drug-likeness (QED) is 0.735. The minimum atomic E-state index is -0.0541. The number of anilines is 2. The van der Waals surface area contributed by atoms with Gasteiger partial charge in [0, 0.05) is 23.3 Å². The fourth-order valence-corrected chi connectivity index (χ4v) is 4.61. The number of nitriles is 1. The van der Waals surface area contributed by atoms with E-state index in [1.807, 2.05) is 35.2 Å². The molecule has 2 N–H and O–H groups in total. The van der Waals surface area contributed by atoms with Gasteiger partial charge in [0.05, 0.1) is 32.0 Å². The normalized spacial score (nSPS) is 20.3. The lowest BCUT2D eigenvalue weighted by molar-refractivity contribution is 0.157. The Hall–Kier alpha value is -3.40. The number of amides is 2. The van der Waals surface area contributed by atoms with Gasteiger partial charge in [0.25, 0.3) is 0 Å². The molecule has 4 rings (SSSR count). The summed E-state index contributed by atoms with van der Waals surface area (Å²) in [6.07, 6.45) is 3.80. The SMILES string of the molecule is COc1ccc(NC2CCC(N3Cc4c(C)ccc(OC)c4NC3=O)CC2)cc1C#N. The molecule has 1 aliphatic heterocycles. The van der Waals surface area contributed by atoms with Gasteiger partial charge in [-0.2, -0.15) is 5.26 Å². The summed E-state index contributed by atoms with van der Waals surface area (Å²) in [5.41, 5.74) is 4.53. The Morgan fingerprint density at radius 1 is 1.10 bits per heavy atom. The molecule has 1 aliphatic carbocycles. The third-order valence-electron chi connectivity index (χ3n) is 6.38. The van der Waals surface area contributed by atoms with Gasteiger partial charge in [-0.15, -0.1) is 0 Å². The van der Waals surface area contributed by atoms with Crippen molar-refractivity contribution in [3.63, 3.8) is 0 Å². The van der Waals surface area contributed by atoms with Crippen LogP contribution in [0.15, 0.2) is 30.3 Å². The predicted molar refractivity (Wildman–Crippen MR) is 120 cm³/mol. The number of rotatable bonds is 5. The second-order valence-electron chi connectivity index (χ2n) is 8.17. The lowest BCUT2D eigenvalue weighted by atomic mass is 9.89. The summed E-state index contributed by atoms with van der Waals surface area (Å²) >= 11 is 0. The molecule has 0 bridgehead atoms. The Balaban J connectivity index is 1.40. The highest BCUT2D eigenvalue weighted by Crippen LogP contribution is 2.37. The van der Waals surface area contributed by atoms with Crippen LogP contribution in [-0.2, 0) is 6.54 Å². The highest BCUT2D eigenvalue weighted by atomic mass is 16.5. The van der Waals surface area contributed by atoms with Crippen molar-refractivity contribution in [1.29, 1.82) is 5.26 Å². The van der Waals surface area contributed by atoms with Crippen LogP contribution in [0.3, 0.4) is 0 Å². The van der Waals surface area contributed by atoms with Crippen molar-refractivity contribution >= 4 is 17.4 Å². The number of carbonyl (C=O) groups is 1. The zero-order chi connectivity index (χ0) is 22.0. The smallest absolute Gasteiger partial charge is 0.322 e. The van der Waals surface area contributed by atoms with Crippen LogP contribution in [0.25, 0.3) is 0 Å². The van der Waals surface area contributed by atoms with Gasteiger partial charge in [-0.05, 0) is 62.4 Å². The number of nitrogens with one attached hydrogen (secondary N) is 2. The molecule has 162 valence electrons. The topological polar surface area (TPSA) is 86.6 Å². The molecule has 7 nitrogen and oxygen atoms in total. The van der Waals surface area contributed by atoms with Crippen LogP contribution >= 0.6 is 0 Å². The maximum absolute atomic E-state index is 12.8. The van der Waals surface area contributed by atoms with Crippen LogP contribution in [-0.4, -0.2) is 37.2 Å². The molecule has 7 heteroatoms. The zero-order valence-corrected chi connectivity index (χ0v) is 18.2. The molecule has 2 aromatic rings. The molecule has 0 radical (unpaired) electrons. The fourth-order valence-electron chi connectivity index (χ4n) is 4.61. The average molecular weight is 421 g/mol. The van der Waals surface area contributed by atoms with Crippen LogP contribution in [0.5, 0.6) is 11.5 Å². The second-order valence-corrected chi connectivity index (χ2v) is 8.17. The molecule has 2 amide bonds. The standard InChI is InChI=1S/C24H28N4O3/c1-15-4-10-22(31-3)23-20(15)14-28(24(29)27-23)19-8-5-17(6-9-19)26-18-7-11-21(30-2)16(12-18)13-25/h4,7,10-12,17,19,26H,5-6,8-9,14H2,1-3H3,(H,27,29). The van der Waals surface area contributed by atoms with Crippen LogP contribution < -0.4 is 20.1 Å². The van der Waals surface area contributed by atoms with E-state index in [1.54, 1.807) is 14.2 Å². The van der Waals surface area contributed by atoms with Crippen molar-refractivity contribution in [2.24, 2.45) is 0 Å². The number of fused-ring (bicyclic) bond motifs is 1. The van der Waals surface area contributed by atoms with Crippen molar-refractivity contribution in [3.05, 3.63) is 47.0 Å². The van der Waals surface area contributed by atoms with Gasteiger partial charge in [-0.1, -0.05) is 6.07 Å². The third kappa shape index (κ3) is 4.11. The molecular formula is C24H28N4O3. The first-order valence-corrected chi connectivity index (χ1v) is 10.6. The number of nitrogens with zero attached hydrogens (tertiary/aromatic N) is 2. The Bertz CT molecular complexity index is 1020. The molecule has 0 atom stereocenters. The number of ether oxygens (including phenoxy) is 2. The summed E-state index contributed by atoms with van der Waals surface area (Å²) in [7, 11) is 3.19. The van der Waals surface area contributed by atoms with Crippen molar-refractivity contribution < 1.29 is 14.3 Å². The monoisotopic (exact) mass is 420 g/mol. The van der Waals surface area contributed by atoms with E-state index in [1.165, 1.54) is 0 Å². The van der Waals surface area contributed by atoms with Crippen molar-refractivity contribution in [3.8, 4) is 17.6 Å². The van der Waals surface area contributed by atoms with Crippen LogP contribution in [0.1, 0.15) is 42.4 Å². The fraction of sp³-hybridized carbons (Fsp3) is 0.417. The van der Waals surface area contributed by atoms with E-state index in [0.717, 1.165) is 48.2 Å². The highest BCUT2D eigenvalue weighted by Gasteiger charge is 2.33. The van der Waals surface area contributed by atoms with E-state index in [4.69, 9.17) is 9.47 Å². The van der Waals surface area contributed by atoms with Crippen molar-refractivity contribution in [1.82, 2.24) is 4.90 Å². The maximum atomic E-state index is 12.8. The number of benzene rings is 2. The van der Waals surface area contributed by atoms with E-state index in [9.17, 15) is 10.1 Å². The van der Waals surface area contributed by atoms with Gasteiger partial charge >= 0.3 is 6.03 Å². The van der Waals surface area contributed by atoms with Crippen LogP contribution in [0, 0.1) is 18.3 Å². The second kappa shape index (κ2) is 8.76. The molecule has 0 aromatic heterocycles. The number of methoxy groups -OCH3 is 2. The lowest BCUT2D eigenvalue weighted by Gasteiger charge is -2.40. The van der Waals surface area contributed by atoms with Gasteiger partial charge in [0.1, 0.15) is 17.6 Å². The molecular weight excluding hydrogens is 392 g/mol. The number of carbonyl (C=O) groups excluding carboxylic acids is 1. The summed E-state index contributed by atoms with van der Waals surface area (Å²) in [5.74, 6) is 1.29. The minimum absolute atomic E-state index is 0.0541. The predicted octanol–water partition coefficient (Wildman–Crippen LogP) is 4.65. The molecule has 0 saturated heterocycles. The molecule has 0 spiro atoms. The van der Waals surface area contributed by atoms with E-state index in [0.29, 0.717) is 29.6 Å². The molecule has 2 aliphatic rings. The summed E-state index contributed by atoms with van der Waals surface area (Å²) < 4.78 is 10.6. The molecule has 31 heavy (non-hydrogen) atoms. The van der Waals surface area contributed by atoms with Gasteiger partial charge in [-0.25, -0.2) is 4.79 Å². The lowest BCUT2D eigenvalue weighted by Crippen LogP contribution is -2.47. The number of aryl methyl sites for hydroxylation is 1. The first kappa shape index (κ1) is 20.9. The Kier molecular flexibility index (Phi) is 5.90. The first-order chi connectivity index (χ1) is 15.0. The van der Waals surface area contributed by atoms with E-state index >= 15 is 0 Å². The molecule has 1 heterocycles. The van der Waals surface area contributed by atoms with Crippen LogP contribution in [0.2, 0.25) is 0 Å². The Labute approximate surface area is 182 Å². The maximum Gasteiger partial charge on any atom is 0.322 e.